The van der Waals surface area contributed by atoms with Gasteiger partial charge in [0.15, 0.2) is 0 Å². The summed E-state index contributed by atoms with van der Waals surface area (Å²) in [7, 11) is 0. The van der Waals surface area contributed by atoms with E-state index in [9.17, 15) is 9.90 Å². The first-order valence-corrected chi connectivity index (χ1v) is 3.36. The Balaban J connectivity index is 3.80. The van der Waals surface area contributed by atoms with Gasteiger partial charge in [-0.05, 0) is 12.8 Å². The van der Waals surface area contributed by atoms with Gasteiger partial charge >= 0.3 is 0 Å². The van der Waals surface area contributed by atoms with Crippen molar-refractivity contribution in [1.82, 2.24) is 0 Å². The van der Waals surface area contributed by atoms with E-state index in [1.54, 1.807) is 6.92 Å². The van der Waals surface area contributed by atoms with Crippen LogP contribution in [0.25, 0.3) is 0 Å². The molecule has 0 aliphatic rings. The molecule has 2 atom stereocenters. The number of aliphatic hydroxyl groups excluding tert-OH is 1. The lowest BCUT2D eigenvalue weighted by atomic mass is 9.97. The maximum Gasteiger partial charge on any atom is 0.120 e. The van der Waals surface area contributed by atoms with E-state index in [4.69, 9.17) is 0 Å². The molecule has 0 radical (unpaired) electrons. The molecule has 0 aromatic rings. The van der Waals surface area contributed by atoms with Gasteiger partial charge in [0.05, 0.1) is 6.10 Å². The first-order chi connectivity index (χ1) is 4.59. The smallest absolute Gasteiger partial charge is 0.120 e. The predicted octanol–water partition coefficient (Wildman–Crippen LogP) is 1.15. The fraction of sp³-hybridized carbons (Fsp3) is 0.625. The number of rotatable bonds is 4. The van der Waals surface area contributed by atoms with Gasteiger partial charge < -0.3 is 9.90 Å². The Morgan fingerprint density at radius 3 is 2.60 bits per heavy atom. The summed E-state index contributed by atoms with van der Waals surface area (Å²) in [6, 6.07) is 0. The highest BCUT2D eigenvalue weighted by Gasteiger charge is 2.13. The summed E-state index contributed by atoms with van der Waals surface area (Å²) >= 11 is 0. The van der Waals surface area contributed by atoms with Crippen LogP contribution in [0.4, 0.5) is 0 Å². The quantitative estimate of drug-likeness (QED) is 0.472. The Morgan fingerprint density at radius 2 is 2.30 bits per heavy atom. The minimum absolute atomic E-state index is 0.00463. The van der Waals surface area contributed by atoms with E-state index >= 15 is 0 Å². The molecule has 0 spiro atoms. The second-order valence-electron chi connectivity index (χ2n) is 2.67. The molecule has 0 aromatic heterocycles. The second-order valence-corrected chi connectivity index (χ2v) is 2.67. The fourth-order valence-electron chi connectivity index (χ4n) is 0.766. The second kappa shape index (κ2) is 4.23. The fourth-order valence-corrected chi connectivity index (χ4v) is 0.766. The molecular formula is C8H14O2. The van der Waals surface area contributed by atoms with E-state index in [1.165, 1.54) is 0 Å². The standard InChI is InChI=1S/C8H14O2/c1-6(2)8(10)7(3)4-5-9/h5,7-8,10H,1,4H2,2-3H3/t7-,8-/m0/s1. The minimum Gasteiger partial charge on any atom is -0.388 e. The maximum absolute atomic E-state index is 10.0. The largest absolute Gasteiger partial charge is 0.388 e. The summed E-state index contributed by atoms with van der Waals surface area (Å²) in [5.41, 5.74) is 0.717. The predicted molar refractivity (Wildman–Crippen MR) is 40.7 cm³/mol. The van der Waals surface area contributed by atoms with Crippen LogP contribution in [0.2, 0.25) is 0 Å². The zero-order valence-electron chi connectivity index (χ0n) is 6.50. The number of aliphatic hydroxyl groups is 1. The molecule has 0 fully saturated rings. The molecule has 0 saturated heterocycles. The van der Waals surface area contributed by atoms with Crippen molar-refractivity contribution in [3.8, 4) is 0 Å². The SMILES string of the molecule is C=C(C)[C@H](O)[C@@H](C)CC=O. The lowest BCUT2D eigenvalue weighted by Gasteiger charge is -2.15. The summed E-state index contributed by atoms with van der Waals surface area (Å²) in [6.45, 7) is 7.18. The topological polar surface area (TPSA) is 37.3 Å². The highest BCUT2D eigenvalue weighted by molar-refractivity contribution is 5.49. The van der Waals surface area contributed by atoms with Crippen LogP contribution in [0.1, 0.15) is 20.3 Å². The van der Waals surface area contributed by atoms with E-state index < -0.39 is 6.10 Å². The molecule has 10 heavy (non-hydrogen) atoms. The Morgan fingerprint density at radius 1 is 1.80 bits per heavy atom. The van der Waals surface area contributed by atoms with Crippen LogP contribution in [0.3, 0.4) is 0 Å². The van der Waals surface area contributed by atoms with Gasteiger partial charge in [-0.25, -0.2) is 0 Å². The van der Waals surface area contributed by atoms with Gasteiger partial charge in [-0.15, -0.1) is 0 Å². The average molecular weight is 142 g/mol. The summed E-state index contributed by atoms with van der Waals surface area (Å²) in [5, 5.41) is 9.27. The first kappa shape index (κ1) is 9.37. The normalized spacial score (nSPS) is 15.9. The van der Waals surface area contributed by atoms with E-state index in [1.807, 2.05) is 6.92 Å². The van der Waals surface area contributed by atoms with Crippen molar-refractivity contribution in [2.45, 2.75) is 26.4 Å². The third-order valence-electron chi connectivity index (χ3n) is 1.51. The summed E-state index contributed by atoms with van der Waals surface area (Å²) < 4.78 is 0. The maximum atomic E-state index is 10.0. The molecular weight excluding hydrogens is 128 g/mol. The van der Waals surface area contributed by atoms with Gasteiger partial charge in [-0.1, -0.05) is 19.1 Å². The van der Waals surface area contributed by atoms with Crippen LogP contribution >= 0.6 is 0 Å². The number of hydrogen-bond acceptors (Lipinski definition) is 2. The first-order valence-electron chi connectivity index (χ1n) is 3.36. The van der Waals surface area contributed by atoms with Gasteiger partial charge in [-0.2, -0.15) is 0 Å². The molecule has 0 aliphatic carbocycles. The van der Waals surface area contributed by atoms with E-state index in [2.05, 4.69) is 6.58 Å². The summed E-state index contributed by atoms with van der Waals surface area (Å²) in [6.07, 6.45) is 0.676. The van der Waals surface area contributed by atoms with E-state index in [0.29, 0.717) is 12.0 Å². The van der Waals surface area contributed by atoms with Gasteiger partial charge in [0.1, 0.15) is 6.29 Å². The van der Waals surface area contributed by atoms with Crippen LogP contribution in [0, 0.1) is 5.92 Å². The van der Waals surface area contributed by atoms with Crippen molar-refractivity contribution < 1.29 is 9.90 Å². The minimum atomic E-state index is -0.537. The summed E-state index contributed by atoms with van der Waals surface area (Å²) in [5.74, 6) is -0.00463. The van der Waals surface area contributed by atoms with Crippen LogP contribution < -0.4 is 0 Å². The van der Waals surface area contributed by atoms with Crippen molar-refractivity contribution in [2.24, 2.45) is 5.92 Å². The lowest BCUT2D eigenvalue weighted by molar-refractivity contribution is -0.109. The zero-order chi connectivity index (χ0) is 8.15. The molecule has 1 N–H and O–H groups in total. The molecule has 58 valence electrons. The van der Waals surface area contributed by atoms with Crippen LogP contribution in [-0.2, 0) is 4.79 Å². The van der Waals surface area contributed by atoms with Crippen molar-refractivity contribution in [3.63, 3.8) is 0 Å². The lowest BCUT2D eigenvalue weighted by Crippen LogP contribution is -2.18. The van der Waals surface area contributed by atoms with E-state index in [0.717, 1.165) is 6.29 Å². The van der Waals surface area contributed by atoms with Crippen molar-refractivity contribution in [2.75, 3.05) is 0 Å². The van der Waals surface area contributed by atoms with Gasteiger partial charge in [-0.3, -0.25) is 0 Å². The molecule has 0 bridgehead atoms. The zero-order valence-corrected chi connectivity index (χ0v) is 6.50. The number of hydrogen-bond donors (Lipinski definition) is 1. The van der Waals surface area contributed by atoms with Crippen LogP contribution in [0.5, 0.6) is 0 Å². The molecule has 0 saturated carbocycles. The molecule has 0 unspecified atom stereocenters. The molecule has 0 amide bonds. The molecule has 2 nitrogen and oxygen atoms in total. The number of carbonyl (C=O) groups excluding carboxylic acids is 1. The molecule has 2 heteroatoms. The third-order valence-corrected chi connectivity index (χ3v) is 1.51. The monoisotopic (exact) mass is 142 g/mol. The molecule has 0 heterocycles. The average Bonchev–Trinajstić information content (AvgIpc) is 1.87. The highest BCUT2D eigenvalue weighted by Crippen LogP contribution is 2.12. The van der Waals surface area contributed by atoms with Crippen LogP contribution in [0.15, 0.2) is 12.2 Å². The number of aldehydes is 1. The van der Waals surface area contributed by atoms with Gasteiger partial charge in [0.2, 0.25) is 0 Å². The molecule has 0 rings (SSSR count). The van der Waals surface area contributed by atoms with Crippen molar-refractivity contribution in [3.05, 3.63) is 12.2 Å². The van der Waals surface area contributed by atoms with Crippen LogP contribution in [-0.4, -0.2) is 17.5 Å². The Labute approximate surface area is 61.6 Å². The third kappa shape index (κ3) is 2.78. The summed E-state index contributed by atoms with van der Waals surface area (Å²) in [4.78, 5) is 10.0. The number of carbonyl (C=O) groups is 1. The van der Waals surface area contributed by atoms with Gasteiger partial charge in [0, 0.05) is 6.42 Å². The highest BCUT2D eigenvalue weighted by atomic mass is 16.3. The Hall–Kier alpha value is -0.630. The van der Waals surface area contributed by atoms with Crippen molar-refractivity contribution in [1.29, 1.82) is 0 Å². The molecule has 0 aliphatic heterocycles. The van der Waals surface area contributed by atoms with Crippen molar-refractivity contribution >= 4 is 6.29 Å². The van der Waals surface area contributed by atoms with E-state index in [-0.39, 0.29) is 5.92 Å². The Kier molecular flexibility index (Phi) is 3.96. The molecule has 0 aromatic carbocycles. The Bertz CT molecular complexity index is 129. The van der Waals surface area contributed by atoms with Gasteiger partial charge in [0.25, 0.3) is 0 Å².